The van der Waals surface area contributed by atoms with E-state index in [9.17, 15) is 9.59 Å². The average molecular weight is 490 g/mol. The van der Waals surface area contributed by atoms with Gasteiger partial charge in [0.05, 0.1) is 17.9 Å². The van der Waals surface area contributed by atoms with Gasteiger partial charge in [-0.05, 0) is 49.7 Å². The summed E-state index contributed by atoms with van der Waals surface area (Å²) in [6.45, 7) is 4.13. The minimum atomic E-state index is -0.320. The van der Waals surface area contributed by atoms with Crippen LogP contribution in [0.25, 0.3) is 5.69 Å². The maximum Gasteiger partial charge on any atom is 0.278 e. The van der Waals surface area contributed by atoms with Crippen molar-refractivity contribution in [2.75, 3.05) is 11.9 Å². The predicted octanol–water partition coefficient (Wildman–Crippen LogP) is 5.33. The summed E-state index contributed by atoms with van der Waals surface area (Å²) < 4.78 is 15.1. The molecule has 0 bridgehead atoms. The van der Waals surface area contributed by atoms with Crippen LogP contribution in [0.4, 0.5) is 5.69 Å². The first-order chi connectivity index (χ1) is 17.0. The first-order valence-corrected chi connectivity index (χ1v) is 11.7. The van der Waals surface area contributed by atoms with E-state index >= 15 is 0 Å². The molecule has 0 saturated heterocycles. The van der Waals surface area contributed by atoms with Crippen molar-refractivity contribution in [3.63, 3.8) is 0 Å². The largest absolute Gasteiger partial charge is 0.490 e. The molecule has 8 heteroatoms. The number of para-hydroxylation sites is 2. The Morgan fingerprint density at radius 2 is 1.91 bits per heavy atom. The molecule has 1 amide bonds. The molecular weight excluding hydrogens is 466 g/mol. The summed E-state index contributed by atoms with van der Waals surface area (Å²) in [5.41, 5.74) is 3.24. The molecule has 2 heterocycles. The van der Waals surface area contributed by atoms with Gasteiger partial charge in [0.1, 0.15) is 6.54 Å². The third-order valence-electron chi connectivity index (χ3n) is 5.86. The topological polar surface area (TPSA) is 74.5 Å². The minimum absolute atomic E-state index is 0.142. The summed E-state index contributed by atoms with van der Waals surface area (Å²) in [4.78, 5) is 26.7. The number of anilines is 1. The first-order valence-electron chi connectivity index (χ1n) is 11.3. The number of nitrogens with one attached hydrogen (secondary N) is 1. The molecule has 0 radical (unpaired) electrons. The number of aromatic nitrogens is 2. The van der Waals surface area contributed by atoms with Gasteiger partial charge in [0.2, 0.25) is 11.8 Å². The number of rotatable bonds is 6. The van der Waals surface area contributed by atoms with Crippen LogP contribution in [0.1, 0.15) is 23.6 Å². The Morgan fingerprint density at radius 3 is 2.66 bits per heavy atom. The third-order valence-corrected chi connectivity index (χ3v) is 6.27. The molecule has 1 aliphatic rings. The van der Waals surface area contributed by atoms with E-state index in [2.05, 4.69) is 5.32 Å². The molecule has 5 rings (SSSR count). The number of fused-ring (bicyclic) bond motifs is 2. The van der Waals surface area contributed by atoms with Gasteiger partial charge in [0, 0.05) is 22.7 Å². The quantitative estimate of drug-likeness (QED) is 0.349. The molecule has 4 aromatic rings. The molecule has 0 atom stereocenters. The van der Waals surface area contributed by atoms with Crippen LogP contribution in [-0.4, -0.2) is 21.9 Å². The molecule has 0 aliphatic carbocycles. The molecule has 35 heavy (non-hydrogen) atoms. The lowest BCUT2D eigenvalue weighted by molar-refractivity contribution is -0.117. The third kappa shape index (κ3) is 4.31. The van der Waals surface area contributed by atoms with Crippen molar-refractivity contribution in [3.05, 3.63) is 98.8 Å². The monoisotopic (exact) mass is 489 g/mol. The number of halogens is 1. The SMILES string of the molecule is CCOc1cccc2c1Oc1c(c(=O)n(-c3ccccc3)n1CC(=O)Nc1ccc(C)c(Cl)c1)C2. The number of hydrogen-bond donors (Lipinski definition) is 1. The Hall–Kier alpha value is -3.97. The smallest absolute Gasteiger partial charge is 0.278 e. The van der Waals surface area contributed by atoms with E-state index in [4.69, 9.17) is 21.1 Å². The summed E-state index contributed by atoms with van der Waals surface area (Å²) in [7, 11) is 0. The van der Waals surface area contributed by atoms with Gasteiger partial charge in [-0.15, -0.1) is 0 Å². The zero-order chi connectivity index (χ0) is 24.5. The Bertz CT molecular complexity index is 1470. The molecule has 0 unspecified atom stereocenters. The maximum atomic E-state index is 13.6. The lowest BCUT2D eigenvalue weighted by Gasteiger charge is -2.21. The Labute approximate surface area is 207 Å². The van der Waals surface area contributed by atoms with E-state index in [1.807, 2.05) is 68.4 Å². The van der Waals surface area contributed by atoms with Gasteiger partial charge >= 0.3 is 0 Å². The van der Waals surface area contributed by atoms with E-state index in [0.29, 0.717) is 52.4 Å². The summed E-state index contributed by atoms with van der Waals surface area (Å²) in [6, 6.07) is 20.1. The number of hydrogen-bond acceptors (Lipinski definition) is 4. The maximum absolute atomic E-state index is 13.6. The summed E-state index contributed by atoms with van der Waals surface area (Å²) in [5.74, 6) is 1.17. The number of ether oxygens (including phenoxy) is 2. The van der Waals surface area contributed by atoms with Crippen molar-refractivity contribution >= 4 is 23.2 Å². The minimum Gasteiger partial charge on any atom is -0.490 e. The fourth-order valence-corrected chi connectivity index (χ4v) is 4.37. The highest BCUT2D eigenvalue weighted by Crippen LogP contribution is 2.42. The highest BCUT2D eigenvalue weighted by Gasteiger charge is 2.30. The van der Waals surface area contributed by atoms with Crippen molar-refractivity contribution in [2.45, 2.75) is 26.8 Å². The Kier molecular flexibility index (Phi) is 6.09. The van der Waals surface area contributed by atoms with E-state index in [1.54, 1.807) is 16.8 Å². The lowest BCUT2D eigenvalue weighted by Crippen LogP contribution is -2.27. The van der Waals surface area contributed by atoms with Gasteiger partial charge in [-0.25, -0.2) is 9.36 Å². The number of benzene rings is 3. The molecule has 1 aliphatic heterocycles. The molecule has 0 fully saturated rings. The van der Waals surface area contributed by atoms with E-state index in [-0.39, 0.29) is 18.0 Å². The average Bonchev–Trinajstić information content (AvgIpc) is 3.11. The van der Waals surface area contributed by atoms with Gasteiger partial charge in [0.15, 0.2) is 11.5 Å². The summed E-state index contributed by atoms with van der Waals surface area (Å²) in [5, 5.41) is 3.43. The second-order valence-electron chi connectivity index (χ2n) is 8.26. The molecule has 0 spiro atoms. The molecule has 0 saturated carbocycles. The molecule has 1 aromatic heterocycles. The number of carbonyl (C=O) groups is 1. The van der Waals surface area contributed by atoms with Crippen LogP contribution < -0.4 is 20.3 Å². The fourth-order valence-electron chi connectivity index (χ4n) is 4.19. The van der Waals surface area contributed by atoms with Gasteiger partial charge in [-0.2, -0.15) is 0 Å². The van der Waals surface area contributed by atoms with Crippen molar-refractivity contribution < 1.29 is 14.3 Å². The fraction of sp³-hybridized carbons (Fsp3) is 0.185. The Morgan fingerprint density at radius 1 is 1.11 bits per heavy atom. The molecule has 7 nitrogen and oxygen atoms in total. The number of amides is 1. The second kappa shape index (κ2) is 9.35. The van der Waals surface area contributed by atoms with Crippen LogP contribution in [0.2, 0.25) is 5.02 Å². The Balaban J connectivity index is 1.57. The number of carbonyl (C=O) groups excluding carboxylic acids is 1. The van der Waals surface area contributed by atoms with Crippen LogP contribution in [-0.2, 0) is 17.8 Å². The highest BCUT2D eigenvalue weighted by atomic mass is 35.5. The zero-order valence-electron chi connectivity index (χ0n) is 19.4. The molecule has 1 N–H and O–H groups in total. The van der Waals surface area contributed by atoms with Crippen molar-refractivity contribution in [1.29, 1.82) is 0 Å². The van der Waals surface area contributed by atoms with Gasteiger partial charge in [-0.1, -0.05) is 48.0 Å². The van der Waals surface area contributed by atoms with Crippen molar-refractivity contribution in [2.24, 2.45) is 0 Å². The van der Waals surface area contributed by atoms with Crippen molar-refractivity contribution in [1.82, 2.24) is 9.36 Å². The molecular formula is C27H24ClN3O4. The number of nitrogens with zero attached hydrogens (tertiary/aromatic N) is 2. The molecule has 3 aromatic carbocycles. The van der Waals surface area contributed by atoms with E-state index in [0.717, 1.165) is 11.1 Å². The normalized spacial score (nSPS) is 11.9. The standard InChI is InChI=1S/C27H24ClN3O4/c1-3-34-23-11-7-8-18-14-21-26(33)31(20-9-5-4-6-10-20)30(27(21)35-25(18)23)16-24(32)29-19-13-12-17(2)22(28)15-19/h4-13,15H,3,14,16H2,1-2H3,(H,29,32). The lowest BCUT2D eigenvalue weighted by atomic mass is 10.0. The number of aryl methyl sites for hydroxylation is 1. The van der Waals surface area contributed by atoms with Gasteiger partial charge in [0.25, 0.3) is 5.56 Å². The van der Waals surface area contributed by atoms with Crippen LogP contribution in [0.15, 0.2) is 71.5 Å². The van der Waals surface area contributed by atoms with E-state index in [1.165, 1.54) is 4.68 Å². The van der Waals surface area contributed by atoms with Crippen LogP contribution >= 0.6 is 11.6 Å². The van der Waals surface area contributed by atoms with Crippen LogP contribution in [0, 0.1) is 6.92 Å². The van der Waals surface area contributed by atoms with Gasteiger partial charge < -0.3 is 14.8 Å². The van der Waals surface area contributed by atoms with Crippen LogP contribution in [0.3, 0.4) is 0 Å². The van der Waals surface area contributed by atoms with Crippen molar-refractivity contribution in [3.8, 4) is 23.1 Å². The molecule has 178 valence electrons. The summed E-state index contributed by atoms with van der Waals surface area (Å²) >= 11 is 6.22. The van der Waals surface area contributed by atoms with E-state index < -0.39 is 0 Å². The second-order valence-corrected chi connectivity index (χ2v) is 8.67. The summed E-state index contributed by atoms with van der Waals surface area (Å²) in [6.07, 6.45) is 0.374. The zero-order valence-corrected chi connectivity index (χ0v) is 20.1. The van der Waals surface area contributed by atoms with Gasteiger partial charge in [-0.3, -0.25) is 9.59 Å². The highest BCUT2D eigenvalue weighted by molar-refractivity contribution is 6.31. The van der Waals surface area contributed by atoms with Crippen LogP contribution in [0.5, 0.6) is 17.4 Å². The predicted molar refractivity (Wildman–Crippen MR) is 135 cm³/mol. The first kappa shape index (κ1) is 22.8.